The molecule has 0 N–H and O–H groups in total. The Hall–Kier alpha value is -0.260. The number of allylic oxidation sites excluding steroid dienone is 2. The monoisotopic (exact) mass is 348 g/mol. The van der Waals surface area contributed by atoms with E-state index < -0.39 is 0 Å². The summed E-state index contributed by atoms with van der Waals surface area (Å²) in [5, 5.41) is 0. The minimum absolute atomic E-state index is 0.921. The standard InChI is InChI=1S/C25H48/c1-3-5-7-9-11-13-15-17-20-24-22-19-23-25(24)21-18-16-14-12-10-8-6-4-2/h19,22,24-25H,3-18,20-21,23H2,1-2H3. The van der Waals surface area contributed by atoms with Crippen molar-refractivity contribution in [3.8, 4) is 0 Å². The molecular weight excluding hydrogens is 300 g/mol. The molecule has 0 saturated heterocycles. The van der Waals surface area contributed by atoms with Crippen LogP contribution >= 0.6 is 0 Å². The van der Waals surface area contributed by atoms with Gasteiger partial charge in [-0.1, -0.05) is 129 Å². The van der Waals surface area contributed by atoms with Gasteiger partial charge in [0.1, 0.15) is 0 Å². The zero-order chi connectivity index (χ0) is 18.0. The molecule has 0 aliphatic heterocycles. The zero-order valence-corrected chi connectivity index (χ0v) is 17.7. The van der Waals surface area contributed by atoms with E-state index in [0.29, 0.717) is 0 Å². The molecule has 0 radical (unpaired) electrons. The van der Waals surface area contributed by atoms with E-state index in [0.717, 1.165) is 11.8 Å². The summed E-state index contributed by atoms with van der Waals surface area (Å²) in [4.78, 5) is 0. The Bertz CT molecular complexity index is 290. The Balaban J connectivity index is 1.92. The van der Waals surface area contributed by atoms with Crippen LogP contribution in [0.3, 0.4) is 0 Å². The van der Waals surface area contributed by atoms with E-state index in [-0.39, 0.29) is 0 Å². The molecule has 1 aliphatic rings. The van der Waals surface area contributed by atoms with Gasteiger partial charge in [-0.2, -0.15) is 0 Å². The number of hydrogen-bond donors (Lipinski definition) is 0. The van der Waals surface area contributed by atoms with Crippen LogP contribution in [-0.2, 0) is 0 Å². The van der Waals surface area contributed by atoms with Crippen molar-refractivity contribution in [2.24, 2.45) is 11.8 Å². The van der Waals surface area contributed by atoms with Crippen LogP contribution in [-0.4, -0.2) is 0 Å². The Morgan fingerprint density at radius 2 is 1.00 bits per heavy atom. The van der Waals surface area contributed by atoms with Gasteiger partial charge in [-0.05, 0) is 31.1 Å². The predicted molar refractivity (Wildman–Crippen MR) is 115 cm³/mol. The average molecular weight is 349 g/mol. The molecule has 0 spiro atoms. The summed E-state index contributed by atoms with van der Waals surface area (Å²) in [6, 6.07) is 0. The fourth-order valence-corrected chi connectivity index (χ4v) is 4.48. The molecule has 0 amide bonds. The Morgan fingerprint density at radius 1 is 0.560 bits per heavy atom. The van der Waals surface area contributed by atoms with E-state index in [1.807, 2.05) is 0 Å². The van der Waals surface area contributed by atoms with Gasteiger partial charge in [0.2, 0.25) is 0 Å². The van der Waals surface area contributed by atoms with Crippen LogP contribution in [0.5, 0.6) is 0 Å². The van der Waals surface area contributed by atoms with E-state index >= 15 is 0 Å². The molecule has 0 aromatic heterocycles. The second kappa shape index (κ2) is 17.2. The molecule has 0 saturated carbocycles. The van der Waals surface area contributed by atoms with Gasteiger partial charge in [0.15, 0.2) is 0 Å². The summed E-state index contributed by atoms with van der Waals surface area (Å²) in [6.07, 6.45) is 32.6. The van der Waals surface area contributed by atoms with Crippen molar-refractivity contribution in [1.82, 2.24) is 0 Å². The summed E-state index contributed by atoms with van der Waals surface area (Å²) < 4.78 is 0. The molecule has 1 aliphatic carbocycles. The van der Waals surface area contributed by atoms with Crippen molar-refractivity contribution in [2.45, 2.75) is 136 Å². The van der Waals surface area contributed by atoms with Crippen LogP contribution in [0.25, 0.3) is 0 Å². The van der Waals surface area contributed by atoms with Gasteiger partial charge in [-0.25, -0.2) is 0 Å². The van der Waals surface area contributed by atoms with Crippen molar-refractivity contribution >= 4 is 0 Å². The van der Waals surface area contributed by atoms with Gasteiger partial charge in [0.05, 0.1) is 0 Å². The molecule has 0 fully saturated rings. The molecule has 2 unspecified atom stereocenters. The third-order valence-electron chi connectivity index (χ3n) is 6.25. The van der Waals surface area contributed by atoms with Crippen LogP contribution in [0.2, 0.25) is 0 Å². The van der Waals surface area contributed by atoms with Gasteiger partial charge < -0.3 is 0 Å². The second-order valence-corrected chi connectivity index (χ2v) is 8.61. The van der Waals surface area contributed by atoms with Crippen molar-refractivity contribution < 1.29 is 0 Å². The van der Waals surface area contributed by atoms with Gasteiger partial charge in [0, 0.05) is 0 Å². The molecule has 0 heteroatoms. The molecule has 0 aromatic carbocycles. The lowest BCUT2D eigenvalue weighted by atomic mass is 9.86. The van der Waals surface area contributed by atoms with Crippen LogP contribution in [0, 0.1) is 11.8 Å². The van der Waals surface area contributed by atoms with E-state index in [1.54, 1.807) is 0 Å². The van der Waals surface area contributed by atoms with E-state index in [2.05, 4.69) is 26.0 Å². The lowest BCUT2D eigenvalue weighted by molar-refractivity contribution is 0.350. The van der Waals surface area contributed by atoms with Crippen LogP contribution in [0.1, 0.15) is 136 Å². The van der Waals surface area contributed by atoms with Gasteiger partial charge in [-0.3, -0.25) is 0 Å². The van der Waals surface area contributed by atoms with Crippen molar-refractivity contribution in [2.75, 3.05) is 0 Å². The summed E-state index contributed by atoms with van der Waals surface area (Å²) >= 11 is 0. The topological polar surface area (TPSA) is 0 Å². The van der Waals surface area contributed by atoms with Crippen LogP contribution in [0.4, 0.5) is 0 Å². The lowest BCUT2D eigenvalue weighted by Crippen LogP contribution is -2.08. The zero-order valence-electron chi connectivity index (χ0n) is 17.7. The van der Waals surface area contributed by atoms with E-state index in [9.17, 15) is 0 Å². The van der Waals surface area contributed by atoms with Crippen LogP contribution in [0.15, 0.2) is 12.2 Å². The maximum atomic E-state index is 2.55. The van der Waals surface area contributed by atoms with Crippen molar-refractivity contribution in [1.29, 1.82) is 0 Å². The van der Waals surface area contributed by atoms with Gasteiger partial charge in [-0.15, -0.1) is 0 Å². The maximum Gasteiger partial charge on any atom is -0.0202 e. The fourth-order valence-electron chi connectivity index (χ4n) is 4.48. The molecule has 0 aromatic rings. The molecule has 25 heavy (non-hydrogen) atoms. The number of unbranched alkanes of at least 4 members (excludes halogenated alkanes) is 14. The Kier molecular flexibility index (Phi) is 15.6. The molecule has 0 nitrogen and oxygen atoms in total. The summed E-state index contributed by atoms with van der Waals surface area (Å²) in [6.45, 7) is 4.61. The lowest BCUT2D eigenvalue weighted by Gasteiger charge is -2.19. The fraction of sp³-hybridized carbons (Fsp3) is 0.920. The minimum atomic E-state index is 0.921. The van der Waals surface area contributed by atoms with Crippen molar-refractivity contribution in [3.63, 3.8) is 0 Å². The highest BCUT2D eigenvalue weighted by molar-refractivity contribution is 5.00. The summed E-state index contributed by atoms with van der Waals surface area (Å²) in [5.41, 5.74) is 0. The first-order valence-electron chi connectivity index (χ1n) is 12.0. The molecular formula is C25H48. The number of rotatable bonds is 18. The molecule has 148 valence electrons. The molecule has 0 bridgehead atoms. The molecule has 2 atom stereocenters. The minimum Gasteiger partial charge on any atom is -0.0880 e. The SMILES string of the molecule is CCCCCCCCCCC1C=CCC1CCCCCCCCCC. The summed E-state index contributed by atoms with van der Waals surface area (Å²) in [5.74, 6) is 1.91. The largest absolute Gasteiger partial charge is 0.0880 e. The quantitative estimate of drug-likeness (QED) is 0.171. The first kappa shape index (κ1) is 22.8. The normalized spacial score (nSPS) is 19.8. The first-order chi connectivity index (χ1) is 12.4. The maximum absolute atomic E-state index is 2.55. The highest BCUT2D eigenvalue weighted by Crippen LogP contribution is 2.33. The van der Waals surface area contributed by atoms with Crippen molar-refractivity contribution in [3.05, 3.63) is 12.2 Å². The Morgan fingerprint density at radius 3 is 1.52 bits per heavy atom. The molecule has 1 rings (SSSR count). The van der Waals surface area contributed by atoms with E-state index in [4.69, 9.17) is 0 Å². The van der Waals surface area contributed by atoms with Gasteiger partial charge >= 0.3 is 0 Å². The third-order valence-corrected chi connectivity index (χ3v) is 6.25. The third kappa shape index (κ3) is 12.7. The highest BCUT2D eigenvalue weighted by atomic mass is 14.3. The smallest absolute Gasteiger partial charge is 0.0202 e. The Labute approximate surface area is 160 Å². The second-order valence-electron chi connectivity index (χ2n) is 8.61. The number of hydrogen-bond acceptors (Lipinski definition) is 0. The van der Waals surface area contributed by atoms with Gasteiger partial charge in [0.25, 0.3) is 0 Å². The first-order valence-corrected chi connectivity index (χ1v) is 12.0. The molecule has 0 heterocycles. The van der Waals surface area contributed by atoms with E-state index in [1.165, 1.54) is 122 Å². The highest BCUT2D eigenvalue weighted by Gasteiger charge is 2.21. The summed E-state index contributed by atoms with van der Waals surface area (Å²) in [7, 11) is 0. The predicted octanol–water partition coefficient (Wildman–Crippen LogP) is 9.24. The average Bonchev–Trinajstić information content (AvgIpc) is 3.07. The van der Waals surface area contributed by atoms with Crippen LogP contribution < -0.4 is 0 Å².